The standard InChI is InChI=1S/C11H7N5/c1-9(4-12)2-3-10(5-13,6-14)11(9,7-15)8-16/h2-3H2,1H3. The maximum atomic E-state index is 9.16. The lowest BCUT2D eigenvalue weighted by atomic mass is 9.59. The normalized spacial score (nSPS) is 28.8. The number of nitrogens with zero attached hydrogens (tertiary/aromatic N) is 5. The quantitative estimate of drug-likeness (QED) is 0.596. The molecule has 1 aliphatic carbocycles. The first-order valence-corrected chi connectivity index (χ1v) is 4.58. The Morgan fingerprint density at radius 1 is 0.750 bits per heavy atom. The van der Waals surface area contributed by atoms with E-state index in [1.807, 2.05) is 6.07 Å². The number of nitriles is 5. The molecule has 76 valence electrons. The van der Waals surface area contributed by atoms with Crippen LogP contribution in [0.1, 0.15) is 19.8 Å². The van der Waals surface area contributed by atoms with Gasteiger partial charge < -0.3 is 0 Å². The van der Waals surface area contributed by atoms with E-state index < -0.39 is 16.2 Å². The van der Waals surface area contributed by atoms with Crippen molar-refractivity contribution in [3.8, 4) is 30.3 Å². The van der Waals surface area contributed by atoms with E-state index in [1.165, 1.54) is 6.92 Å². The summed E-state index contributed by atoms with van der Waals surface area (Å²) in [5.41, 5.74) is -4.86. The molecule has 0 amide bonds. The van der Waals surface area contributed by atoms with Gasteiger partial charge in [-0.2, -0.15) is 26.3 Å². The Bertz CT molecular complexity index is 499. The van der Waals surface area contributed by atoms with Gasteiger partial charge in [0.05, 0.1) is 35.8 Å². The first-order chi connectivity index (χ1) is 7.51. The highest BCUT2D eigenvalue weighted by Crippen LogP contribution is 2.61. The van der Waals surface area contributed by atoms with Crippen LogP contribution >= 0.6 is 0 Å². The lowest BCUT2D eigenvalue weighted by molar-refractivity contribution is 0.231. The summed E-state index contributed by atoms with van der Waals surface area (Å²) in [6.07, 6.45) is 0.275. The van der Waals surface area contributed by atoms with E-state index in [1.54, 1.807) is 24.3 Å². The van der Waals surface area contributed by atoms with Crippen molar-refractivity contribution in [2.24, 2.45) is 16.2 Å². The highest BCUT2D eigenvalue weighted by atomic mass is 14.7. The second kappa shape index (κ2) is 3.24. The van der Waals surface area contributed by atoms with Crippen molar-refractivity contribution in [3.05, 3.63) is 0 Å². The lowest BCUT2D eigenvalue weighted by Gasteiger charge is -2.31. The van der Waals surface area contributed by atoms with Gasteiger partial charge >= 0.3 is 0 Å². The fourth-order valence-electron chi connectivity index (χ4n) is 2.19. The first-order valence-electron chi connectivity index (χ1n) is 4.58. The molecule has 1 atom stereocenters. The molecule has 0 aliphatic heterocycles. The molecule has 0 spiro atoms. The van der Waals surface area contributed by atoms with Gasteiger partial charge in [0.15, 0.2) is 10.8 Å². The third-order valence-corrected chi connectivity index (χ3v) is 3.43. The van der Waals surface area contributed by atoms with Gasteiger partial charge in [0.2, 0.25) is 0 Å². The summed E-state index contributed by atoms with van der Waals surface area (Å²) in [5.74, 6) is 0. The second-order valence-electron chi connectivity index (χ2n) is 4.05. The van der Waals surface area contributed by atoms with E-state index in [0.717, 1.165) is 0 Å². The van der Waals surface area contributed by atoms with Gasteiger partial charge in [-0.3, -0.25) is 0 Å². The molecule has 1 fully saturated rings. The van der Waals surface area contributed by atoms with Crippen molar-refractivity contribution in [2.45, 2.75) is 19.8 Å². The molecule has 1 rings (SSSR count). The van der Waals surface area contributed by atoms with Crippen molar-refractivity contribution in [3.63, 3.8) is 0 Å². The Morgan fingerprint density at radius 2 is 1.25 bits per heavy atom. The molecule has 0 aromatic rings. The van der Waals surface area contributed by atoms with E-state index in [9.17, 15) is 0 Å². The summed E-state index contributed by atoms with van der Waals surface area (Å²) in [6.45, 7) is 1.45. The van der Waals surface area contributed by atoms with Crippen LogP contribution in [-0.4, -0.2) is 0 Å². The molecular weight excluding hydrogens is 202 g/mol. The van der Waals surface area contributed by atoms with Gasteiger partial charge in [0.1, 0.15) is 0 Å². The van der Waals surface area contributed by atoms with E-state index in [-0.39, 0.29) is 12.8 Å². The SMILES string of the molecule is CC1(C#N)CCC(C#N)(C#N)C1(C#N)C#N. The van der Waals surface area contributed by atoms with Crippen LogP contribution in [0.2, 0.25) is 0 Å². The van der Waals surface area contributed by atoms with Crippen molar-refractivity contribution in [1.82, 2.24) is 0 Å². The van der Waals surface area contributed by atoms with Gasteiger partial charge in [-0.25, -0.2) is 0 Å². The molecule has 1 saturated carbocycles. The van der Waals surface area contributed by atoms with E-state index >= 15 is 0 Å². The van der Waals surface area contributed by atoms with Crippen LogP contribution < -0.4 is 0 Å². The predicted octanol–water partition coefficient (Wildman–Crippen LogP) is 1.38. The molecule has 16 heavy (non-hydrogen) atoms. The average Bonchev–Trinajstić information content (AvgIpc) is 2.59. The van der Waals surface area contributed by atoms with E-state index in [2.05, 4.69) is 0 Å². The van der Waals surface area contributed by atoms with Crippen molar-refractivity contribution < 1.29 is 0 Å². The van der Waals surface area contributed by atoms with E-state index in [0.29, 0.717) is 0 Å². The zero-order valence-corrected chi connectivity index (χ0v) is 8.65. The molecule has 0 saturated heterocycles. The maximum absolute atomic E-state index is 9.16. The molecule has 1 aliphatic rings. The molecule has 0 aromatic heterocycles. The minimum atomic E-state index is -1.88. The summed E-state index contributed by atoms with van der Waals surface area (Å²) >= 11 is 0. The zero-order chi connectivity index (χ0) is 12.4. The fraction of sp³-hybridized carbons (Fsp3) is 0.545. The average molecular weight is 209 g/mol. The molecule has 0 heterocycles. The Balaban J connectivity index is 3.65. The van der Waals surface area contributed by atoms with E-state index in [4.69, 9.17) is 26.3 Å². The van der Waals surface area contributed by atoms with Crippen LogP contribution in [0.15, 0.2) is 0 Å². The smallest absolute Gasteiger partial charge is 0.193 e. The molecule has 5 heteroatoms. The third-order valence-electron chi connectivity index (χ3n) is 3.43. The Morgan fingerprint density at radius 3 is 1.56 bits per heavy atom. The first kappa shape index (κ1) is 11.5. The minimum absolute atomic E-state index is 0.0746. The summed E-state index contributed by atoms with van der Waals surface area (Å²) < 4.78 is 0. The van der Waals surface area contributed by atoms with Crippen molar-refractivity contribution in [1.29, 1.82) is 26.3 Å². The van der Waals surface area contributed by atoms with Crippen LogP contribution in [0.3, 0.4) is 0 Å². The van der Waals surface area contributed by atoms with Crippen LogP contribution in [0.25, 0.3) is 0 Å². The van der Waals surface area contributed by atoms with Crippen LogP contribution in [0.4, 0.5) is 0 Å². The molecule has 1 unspecified atom stereocenters. The summed E-state index contributed by atoms with van der Waals surface area (Å²) in [4.78, 5) is 0. The third kappa shape index (κ3) is 0.892. The number of rotatable bonds is 0. The molecule has 5 nitrogen and oxygen atoms in total. The summed E-state index contributed by atoms with van der Waals surface area (Å²) in [7, 11) is 0. The minimum Gasteiger partial charge on any atom is -0.198 e. The summed E-state index contributed by atoms with van der Waals surface area (Å²) in [6, 6.07) is 8.88. The highest BCUT2D eigenvalue weighted by Gasteiger charge is 2.70. The Hall–Kier alpha value is -2.55. The Labute approximate surface area is 93.3 Å². The highest BCUT2D eigenvalue weighted by molar-refractivity contribution is 5.43. The van der Waals surface area contributed by atoms with Gasteiger partial charge in [-0.05, 0) is 19.8 Å². The molecular formula is C11H7N5. The van der Waals surface area contributed by atoms with Gasteiger partial charge in [0, 0.05) is 0 Å². The van der Waals surface area contributed by atoms with Crippen molar-refractivity contribution in [2.75, 3.05) is 0 Å². The van der Waals surface area contributed by atoms with Gasteiger partial charge in [-0.1, -0.05) is 0 Å². The maximum Gasteiger partial charge on any atom is 0.193 e. The van der Waals surface area contributed by atoms with Crippen LogP contribution in [0.5, 0.6) is 0 Å². The van der Waals surface area contributed by atoms with Crippen molar-refractivity contribution >= 4 is 0 Å². The summed E-state index contributed by atoms with van der Waals surface area (Å²) in [5, 5.41) is 45.5. The van der Waals surface area contributed by atoms with Crippen LogP contribution in [0, 0.1) is 72.9 Å². The van der Waals surface area contributed by atoms with Crippen LogP contribution in [-0.2, 0) is 0 Å². The Kier molecular flexibility index (Phi) is 2.33. The molecule has 0 aromatic carbocycles. The fourth-order valence-corrected chi connectivity index (χ4v) is 2.19. The monoisotopic (exact) mass is 209 g/mol. The van der Waals surface area contributed by atoms with Gasteiger partial charge in [0.25, 0.3) is 0 Å². The van der Waals surface area contributed by atoms with Gasteiger partial charge in [-0.15, -0.1) is 0 Å². The number of hydrogen-bond acceptors (Lipinski definition) is 5. The molecule has 0 bridgehead atoms. The molecule has 0 radical (unpaired) electrons. The second-order valence-corrected chi connectivity index (χ2v) is 4.05. The number of hydrogen-bond donors (Lipinski definition) is 0. The zero-order valence-electron chi connectivity index (χ0n) is 8.65. The largest absolute Gasteiger partial charge is 0.198 e. The predicted molar refractivity (Wildman–Crippen MR) is 50.3 cm³/mol. The topological polar surface area (TPSA) is 119 Å². The lowest BCUT2D eigenvalue weighted by Crippen LogP contribution is -2.42. The molecule has 0 N–H and O–H groups in total.